The van der Waals surface area contributed by atoms with E-state index < -0.39 is 0 Å². The third-order valence-electron chi connectivity index (χ3n) is 3.73. The Balaban J connectivity index is 2.02. The fraction of sp³-hybridized carbons (Fsp3) is 0.600. The Labute approximate surface area is 124 Å². The van der Waals surface area contributed by atoms with Crippen molar-refractivity contribution < 1.29 is 4.39 Å². The molecule has 1 aliphatic carbocycles. The third-order valence-corrected chi connectivity index (χ3v) is 5.38. The first kappa shape index (κ1) is 15.1. The Morgan fingerprint density at radius 1 is 1.47 bits per heavy atom. The van der Waals surface area contributed by atoms with E-state index in [0.29, 0.717) is 16.3 Å². The number of thioether (sulfide) groups is 1. The van der Waals surface area contributed by atoms with Gasteiger partial charge in [0, 0.05) is 22.4 Å². The smallest absolute Gasteiger partial charge is 0.124 e. The molecule has 1 aromatic rings. The van der Waals surface area contributed by atoms with Crippen molar-refractivity contribution in [1.29, 1.82) is 0 Å². The molecule has 0 amide bonds. The van der Waals surface area contributed by atoms with Crippen LogP contribution in [0.3, 0.4) is 0 Å². The zero-order valence-corrected chi connectivity index (χ0v) is 13.0. The van der Waals surface area contributed by atoms with Crippen molar-refractivity contribution in [2.24, 2.45) is 0 Å². The van der Waals surface area contributed by atoms with Crippen molar-refractivity contribution in [3.8, 4) is 0 Å². The van der Waals surface area contributed by atoms with Gasteiger partial charge in [0.25, 0.3) is 0 Å². The molecule has 1 saturated carbocycles. The van der Waals surface area contributed by atoms with Crippen molar-refractivity contribution in [1.82, 2.24) is 5.32 Å². The molecule has 0 heterocycles. The molecule has 0 aromatic heterocycles. The minimum Gasteiger partial charge on any atom is -0.306 e. The number of hydrogen-bond acceptors (Lipinski definition) is 2. The first-order valence-electron chi connectivity index (χ1n) is 6.94. The zero-order chi connectivity index (χ0) is 13.8. The van der Waals surface area contributed by atoms with Gasteiger partial charge in [0.05, 0.1) is 0 Å². The third kappa shape index (κ3) is 3.87. The van der Waals surface area contributed by atoms with Gasteiger partial charge >= 0.3 is 0 Å². The van der Waals surface area contributed by atoms with Gasteiger partial charge in [0.15, 0.2) is 0 Å². The van der Waals surface area contributed by atoms with Crippen LogP contribution in [0.2, 0.25) is 5.02 Å². The summed E-state index contributed by atoms with van der Waals surface area (Å²) < 4.78 is 13.1. The normalized spacial score (nSPS) is 24.6. The fourth-order valence-electron chi connectivity index (χ4n) is 2.79. The summed E-state index contributed by atoms with van der Waals surface area (Å²) in [7, 11) is 0. The molecule has 1 N–H and O–H groups in total. The maximum atomic E-state index is 13.1. The monoisotopic (exact) mass is 301 g/mol. The molecular formula is C15H21ClFNS. The SMILES string of the molecule is CCSC1CCCC1NC(C)c1ccc(F)cc1Cl. The summed E-state index contributed by atoms with van der Waals surface area (Å²) in [6, 6.07) is 5.36. The van der Waals surface area contributed by atoms with E-state index in [0.717, 1.165) is 11.3 Å². The lowest BCUT2D eigenvalue weighted by atomic mass is 10.1. The topological polar surface area (TPSA) is 12.0 Å². The quantitative estimate of drug-likeness (QED) is 0.838. The molecule has 0 aliphatic heterocycles. The molecule has 1 fully saturated rings. The minimum absolute atomic E-state index is 0.163. The second-order valence-corrected chi connectivity index (χ2v) is 7.01. The number of benzene rings is 1. The molecule has 3 atom stereocenters. The van der Waals surface area contributed by atoms with E-state index in [4.69, 9.17) is 11.6 Å². The molecule has 106 valence electrons. The van der Waals surface area contributed by atoms with Crippen molar-refractivity contribution in [3.05, 3.63) is 34.6 Å². The van der Waals surface area contributed by atoms with E-state index in [1.807, 2.05) is 11.8 Å². The summed E-state index contributed by atoms with van der Waals surface area (Å²) in [5.74, 6) is 0.885. The lowest BCUT2D eigenvalue weighted by molar-refractivity contribution is 0.467. The van der Waals surface area contributed by atoms with Gasteiger partial charge in [-0.3, -0.25) is 0 Å². The van der Waals surface area contributed by atoms with Gasteiger partial charge in [0.2, 0.25) is 0 Å². The predicted molar refractivity (Wildman–Crippen MR) is 82.5 cm³/mol. The van der Waals surface area contributed by atoms with Crippen LogP contribution >= 0.6 is 23.4 Å². The van der Waals surface area contributed by atoms with Crippen LogP contribution in [0.25, 0.3) is 0 Å². The zero-order valence-electron chi connectivity index (χ0n) is 11.5. The first-order chi connectivity index (χ1) is 9.11. The maximum absolute atomic E-state index is 13.1. The molecule has 1 aliphatic rings. The van der Waals surface area contributed by atoms with Gasteiger partial charge in [0.1, 0.15) is 5.82 Å². The van der Waals surface area contributed by atoms with Gasteiger partial charge < -0.3 is 5.32 Å². The van der Waals surface area contributed by atoms with Gasteiger partial charge in [-0.2, -0.15) is 11.8 Å². The van der Waals surface area contributed by atoms with E-state index in [9.17, 15) is 4.39 Å². The van der Waals surface area contributed by atoms with Crippen LogP contribution in [0.1, 0.15) is 44.7 Å². The van der Waals surface area contributed by atoms with Crippen LogP contribution in [0.15, 0.2) is 18.2 Å². The number of rotatable bonds is 5. The summed E-state index contributed by atoms with van der Waals surface area (Å²) in [6.07, 6.45) is 3.81. The van der Waals surface area contributed by atoms with E-state index >= 15 is 0 Å². The second kappa shape index (κ2) is 6.96. The average molecular weight is 302 g/mol. The summed E-state index contributed by atoms with van der Waals surface area (Å²) >= 11 is 8.16. The van der Waals surface area contributed by atoms with Crippen LogP contribution in [-0.4, -0.2) is 17.0 Å². The highest BCUT2D eigenvalue weighted by Crippen LogP contribution is 2.32. The van der Waals surface area contributed by atoms with E-state index in [2.05, 4.69) is 19.2 Å². The predicted octanol–water partition coefficient (Wildman–Crippen LogP) is 4.80. The van der Waals surface area contributed by atoms with Crippen LogP contribution < -0.4 is 5.32 Å². The summed E-state index contributed by atoms with van der Waals surface area (Å²) in [4.78, 5) is 0. The molecule has 0 radical (unpaired) electrons. The first-order valence-corrected chi connectivity index (χ1v) is 8.37. The molecule has 0 bridgehead atoms. The Hall–Kier alpha value is -0.250. The molecular weight excluding hydrogens is 281 g/mol. The molecule has 3 unspecified atom stereocenters. The number of nitrogens with one attached hydrogen (secondary N) is 1. The largest absolute Gasteiger partial charge is 0.306 e. The highest BCUT2D eigenvalue weighted by molar-refractivity contribution is 7.99. The number of hydrogen-bond donors (Lipinski definition) is 1. The molecule has 0 spiro atoms. The van der Waals surface area contributed by atoms with Crippen LogP contribution in [0, 0.1) is 5.82 Å². The summed E-state index contributed by atoms with van der Waals surface area (Å²) in [5.41, 5.74) is 0.982. The molecule has 1 nitrogen and oxygen atoms in total. The second-order valence-electron chi connectivity index (χ2n) is 5.09. The van der Waals surface area contributed by atoms with Crippen molar-refractivity contribution >= 4 is 23.4 Å². The van der Waals surface area contributed by atoms with Gasteiger partial charge in [-0.05, 0) is 43.2 Å². The molecule has 0 saturated heterocycles. The maximum Gasteiger partial charge on any atom is 0.124 e. The van der Waals surface area contributed by atoms with Crippen molar-refractivity contribution in [2.45, 2.75) is 50.4 Å². The van der Waals surface area contributed by atoms with E-state index in [-0.39, 0.29) is 11.9 Å². The van der Waals surface area contributed by atoms with Gasteiger partial charge in [-0.1, -0.05) is 31.0 Å². The average Bonchev–Trinajstić information content (AvgIpc) is 2.77. The molecule has 1 aromatic carbocycles. The standard InChI is InChI=1S/C15H21ClFNS/c1-3-19-15-6-4-5-14(15)18-10(2)12-8-7-11(17)9-13(12)16/h7-10,14-15,18H,3-6H2,1-2H3. The van der Waals surface area contributed by atoms with Crippen molar-refractivity contribution in [3.63, 3.8) is 0 Å². The lowest BCUT2D eigenvalue weighted by Crippen LogP contribution is -2.36. The Morgan fingerprint density at radius 3 is 2.95 bits per heavy atom. The van der Waals surface area contributed by atoms with Crippen molar-refractivity contribution in [2.75, 3.05) is 5.75 Å². The van der Waals surface area contributed by atoms with Crippen LogP contribution in [0.5, 0.6) is 0 Å². The Bertz CT molecular complexity index is 427. The van der Waals surface area contributed by atoms with E-state index in [1.165, 1.54) is 31.4 Å². The lowest BCUT2D eigenvalue weighted by Gasteiger charge is -2.25. The molecule has 19 heavy (non-hydrogen) atoms. The number of halogens is 2. The van der Waals surface area contributed by atoms with Gasteiger partial charge in [-0.25, -0.2) is 4.39 Å². The van der Waals surface area contributed by atoms with Gasteiger partial charge in [-0.15, -0.1) is 0 Å². The highest BCUT2D eigenvalue weighted by Gasteiger charge is 2.28. The van der Waals surface area contributed by atoms with E-state index in [1.54, 1.807) is 6.07 Å². The van der Waals surface area contributed by atoms with Crippen LogP contribution in [0.4, 0.5) is 4.39 Å². The fourth-order valence-corrected chi connectivity index (χ4v) is 4.33. The van der Waals surface area contributed by atoms with Crippen LogP contribution in [-0.2, 0) is 0 Å². The highest BCUT2D eigenvalue weighted by atomic mass is 35.5. The Morgan fingerprint density at radius 2 is 2.26 bits per heavy atom. The Kier molecular flexibility index (Phi) is 5.55. The molecule has 2 rings (SSSR count). The summed E-state index contributed by atoms with van der Waals surface area (Å²) in [6.45, 7) is 4.31. The summed E-state index contributed by atoms with van der Waals surface area (Å²) in [5, 5.41) is 4.87. The molecule has 4 heteroatoms. The minimum atomic E-state index is -0.277.